The predicted octanol–water partition coefficient (Wildman–Crippen LogP) is 3.69. The van der Waals surface area contributed by atoms with Crippen LogP contribution in [0.3, 0.4) is 0 Å². The minimum Gasteiger partial charge on any atom is -0.414 e. The topological polar surface area (TPSA) is 130 Å². The molecule has 3 heterocycles. The van der Waals surface area contributed by atoms with E-state index in [4.69, 9.17) is 22.4 Å². The lowest BCUT2D eigenvalue weighted by molar-refractivity contribution is -0.133. The van der Waals surface area contributed by atoms with E-state index in [1.807, 2.05) is 0 Å². The molecule has 2 fully saturated rings. The van der Waals surface area contributed by atoms with Crippen LogP contribution in [-0.2, 0) is 27.2 Å². The van der Waals surface area contributed by atoms with Crippen molar-refractivity contribution in [3.8, 4) is 0 Å². The van der Waals surface area contributed by atoms with E-state index in [0.29, 0.717) is 6.54 Å². The summed E-state index contributed by atoms with van der Waals surface area (Å²) in [6, 6.07) is 1.26. The number of hydrogen-bond acceptors (Lipinski definition) is 8. The van der Waals surface area contributed by atoms with Crippen molar-refractivity contribution in [1.29, 1.82) is 0 Å². The first-order valence-corrected chi connectivity index (χ1v) is 18.6. The van der Waals surface area contributed by atoms with Crippen LogP contribution in [0.5, 0.6) is 0 Å². The molecule has 228 valence electrons. The first-order chi connectivity index (χ1) is 18.8. The quantitative estimate of drug-likeness (QED) is 0.291. The standard InChI is InChI=1S/C27H49N3O8Si2/c1-10-11-13-28-23(32)16-34-25-24-21(36-26(25)30-14-12-22(31)29-27(30)33)15-35-39(17(2)3,18(4)5)38-40(37-24,19(6)7)20(8)9/h12,14,17-21,24-26H,10-11,13,15-16H2,1-9H3,(H,28,32)(H,29,31,33)/t21-,24?,25+,26-/m1/s1. The summed E-state index contributed by atoms with van der Waals surface area (Å²) in [5, 5.41) is 2.87. The second-order valence-corrected chi connectivity index (χ2v) is 21.0. The van der Waals surface area contributed by atoms with Gasteiger partial charge in [-0.2, -0.15) is 0 Å². The van der Waals surface area contributed by atoms with Gasteiger partial charge in [0, 0.05) is 18.8 Å². The van der Waals surface area contributed by atoms with Gasteiger partial charge in [-0.1, -0.05) is 68.7 Å². The molecule has 2 aliphatic heterocycles. The number of nitrogens with one attached hydrogen (secondary N) is 2. The number of rotatable bonds is 11. The van der Waals surface area contributed by atoms with Crippen molar-refractivity contribution in [2.45, 2.75) is 122 Å². The van der Waals surface area contributed by atoms with E-state index in [1.54, 1.807) is 0 Å². The van der Waals surface area contributed by atoms with Crippen molar-refractivity contribution in [3.63, 3.8) is 0 Å². The van der Waals surface area contributed by atoms with Gasteiger partial charge >= 0.3 is 22.8 Å². The van der Waals surface area contributed by atoms with Crippen LogP contribution >= 0.6 is 0 Å². The number of aromatic amines is 1. The number of amides is 1. The number of aromatic nitrogens is 2. The minimum atomic E-state index is -3.01. The summed E-state index contributed by atoms with van der Waals surface area (Å²) >= 11 is 0. The third kappa shape index (κ3) is 6.71. The summed E-state index contributed by atoms with van der Waals surface area (Å²) in [6.45, 7) is 19.7. The molecular formula is C27H49N3O8Si2. The van der Waals surface area contributed by atoms with E-state index < -0.39 is 52.9 Å². The van der Waals surface area contributed by atoms with Crippen LogP contribution in [0.4, 0.5) is 0 Å². The van der Waals surface area contributed by atoms with Gasteiger partial charge in [0.25, 0.3) is 5.56 Å². The monoisotopic (exact) mass is 599 g/mol. The van der Waals surface area contributed by atoms with E-state index >= 15 is 0 Å². The fraction of sp³-hybridized carbons (Fsp3) is 0.815. The van der Waals surface area contributed by atoms with Crippen LogP contribution in [0.25, 0.3) is 0 Å². The first kappa shape index (κ1) is 32.9. The number of carbonyl (C=O) groups excluding carboxylic acids is 1. The van der Waals surface area contributed by atoms with Gasteiger partial charge in [-0.05, 0) is 28.6 Å². The Labute approximate surface area is 239 Å². The zero-order chi connectivity index (χ0) is 29.8. The second kappa shape index (κ2) is 13.6. The Hall–Kier alpha value is -1.62. The van der Waals surface area contributed by atoms with E-state index in [0.717, 1.165) is 12.8 Å². The Morgan fingerprint density at radius 1 is 1.07 bits per heavy atom. The zero-order valence-corrected chi connectivity index (χ0v) is 27.5. The van der Waals surface area contributed by atoms with Gasteiger partial charge in [0.2, 0.25) is 5.91 Å². The van der Waals surface area contributed by atoms with Gasteiger partial charge in [0.1, 0.15) is 24.9 Å². The van der Waals surface area contributed by atoms with Gasteiger partial charge < -0.3 is 27.8 Å². The highest BCUT2D eigenvalue weighted by molar-refractivity contribution is 6.84. The highest BCUT2D eigenvalue weighted by Gasteiger charge is 2.62. The van der Waals surface area contributed by atoms with Crippen molar-refractivity contribution in [2.75, 3.05) is 19.8 Å². The number of nitrogens with zero attached hydrogens (tertiary/aromatic N) is 1. The molecule has 4 atom stereocenters. The largest absolute Gasteiger partial charge is 0.414 e. The molecule has 0 radical (unpaired) electrons. The Kier molecular flexibility index (Phi) is 11.2. The number of unbranched alkanes of at least 4 members (excludes halogenated alkanes) is 1. The molecule has 2 N–H and O–H groups in total. The zero-order valence-electron chi connectivity index (χ0n) is 25.5. The van der Waals surface area contributed by atoms with E-state index in [1.165, 1.54) is 16.8 Å². The van der Waals surface area contributed by atoms with Crippen LogP contribution in [-0.4, -0.2) is 70.7 Å². The van der Waals surface area contributed by atoms with Crippen molar-refractivity contribution in [1.82, 2.24) is 14.9 Å². The molecule has 40 heavy (non-hydrogen) atoms. The number of hydrogen-bond donors (Lipinski definition) is 2. The first-order valence-electron chi connectivity index (χ1n) is 14.7. The lowest BCUT2D eigenvalue weighted by Gasteiger charge is -2.51. The van der Waals surface area contributed by atoms with Crippen LogP contribution in [0.1, 0.15) is 81.4 Å². The number of ether oxygens (including phenoxy) is 2. The van der Waals surface area contributed by atoms with Crippen molar-refractivity contribution in [3.05, 3.63) is 33.1 Å². The normalized spacial score (nSPS) is 26.2. The smallest absolute Gasteiger partial charge is 0.335 e. The average molecular weight is 600 g/mol. The molecule has 1 aromatic rings. The van der Waals surface area contributed by atoms with Gasteiger partial charge in [0.05, 0.1) is 6.61 Å². The maximum Gasteiger partial charge on any atom is 0.335 e. The molecule has 0 aliphatic carbocycles. The van der Waals surface area contributed by atoms with Crippen LogP contribution in [0.15, 0.2) is 21.9 Å². The molecule has 0 bridgehead atoms. The molecular weight excluding hydrogens is 550 g/mol. The molecule has 0 saturated carbocycles. The number of carbonyl (C=O) groups is 1. The predicted molar refractivity (Wildman–Crippen MR) is 157 cm³/mol. The number of fused-ring (bicyclic) bond motifs is 1. The molecule has 1 aromatic heterocycles. The maximum atomic E-state index is 12.9. The molecule has 3 rings (SSSR count). The summed E-state index contributed by atoms with van der Waals surface area (Å²) in [6.07, 6.45) is 0.214. The SMILES string of the molecule is CCCCNC(=O)CO[C@H]1C2O[Si](C(C)C)(C(C)C)O[Si](C(C)C)(C(C)C)OC[C@H]2O[C@H]1n1ccc(=O)[nH]c1=O. The third-order valence-electron chi connectivity index (χ3n) is 8.00. The van der Waals surface area contributed by atoms with E-state index in [-0.39, 0.29) is 41.3 Å². The molecule has 13 heteroatoms. The summed E-state index contributed by atoms with van der Waals surface area (Å²) in [7, 11) is -5.81. The molecule has 1 unspecified atom stereocenters. The Bertz CT molecular complexity index is 1090. The summed E-state index contributed by atoms with van der Waals surface area (Å²) in [5.41, 5.74) is -0.667. The van der Waals surface area contributed by atoms with Gasteiger partial charge in [-0.3, -0.25) is 19.1 Å². The van der Waals surface area contributed by atoms with Crippen molar-refractivity contribution < 1.29 is 27.2 Å². The van der Waals surface area contributed by atoms with E-state index in [2.05, 4.69) is 72.6 Å². The summed E-state index contributed by atoms with van der Waals surface area (Å²) < 4.78 is 35.2. The molecule has 0 spiro atoms. The highest BCUT2D eigenvalue weighted by atomic mass is 28.5. The molecule has 2 aliphatic rings. The Balaban J connectivity index is 2.07. The average Bonchev–Trinajstić information content (AvgIpc) is 3.18. The molecule has 0 aromatic carbocycles. The minimum absolute atomic E-state index is 0.0760. The van der Waals surface area contributed by atoms with Crippen LogP contribution in [0, 0.1) is 0 Å². The molecule has 2 saturated heterocycles. The van der Waals surface area contributed by atoms with Crippen molar-refractivity contribution in [2.24, 2.45) is 0 Å². The van der Waals surface area contributed by atoms with E-state index in [9.17, 15) is 14.4 Å². The summed E-state index contributed by atoms with van der Waals surface area (Å²) in [4.78, 5) is 39.6. The fourth-order valence-corrected chi connectivity index (χ4v) is 17.0. The van der Waals surface area contributed by atoms with Crippen molar-refractivity contribution >= 4 is 23.0 Å². The van der Waals surface area contributed by atoms with Gasteiger partial charge in [0.15, 0.2) is 6.23 Å². The molecule has 11 nitrogen and oxygen atoms in total. The fourth-order valence-electron chi connectivity index (χ4n) is 5.78. The maximum absolute atomic E-state index is 12.9. The highest BCUT2D eigenvalue weighted by Crippen LogP contribution is 2.48. The van der Waals surface area contributed by atoms with Crippen LogP contribution < -0.4 is 16.6 Å². The Morgan fingerprint density at radius 2 is 1.70 bits per heavy atom. The molecule has 1 amide bonds. The van der Waals surface area contributed by atoms with Gasteiger partial charge in [-0.15, -0.1) is 0 Å². The van der Waals surface area contributed by atoms with Crippen LogP contribution in [0.2, 0.25) is 22.2 Å². The third-order valence-corrected chi connectivity index (χ3v) is 18.3. The second-order valence-electron chi connectivity index (χ2n) is 12.1. The number of H-pyrrole nitrogens is 1. The Morgan fingerprint density at radius 3 is 2.25 bits per heavy atom. The lowest BCUT2D eigenvalue weighted by atomic mass is 10.1. The lowest BCUT2D eigenvalue weighted by Crippen LogP contribution is -2.66. The van der Waals surface area contributed by atoms with Gasteiger partial charge in [-0.25, -0.2) is 4.79 Å². The summed E-state index contributed by atoms with van der Waals surface area (Å²) in [5.74, 6) is -0.259.